The van der Waals surface area contributed by atoms with Crippen LogP contribution in [0.2, 0.25) is 0 Å². The predicted molar refractivity (Wildman–Crippen MR) is 84.7 cm³/mol. The smallest absolute Gasteiger partial charge is 0.143 e. The predicted octanol–water partition coefficient (Wildman–Crippen LogP) is 2.77. The van der Waals surface area contributed by atoms with Gasteiger partial charge in [0, 0.05) is 25.9 Å². The number of nitrogens with one attached hydrogen (secondary N) is 1. The number of nitrogens with zero attached hydrogens (tertiary/aromatic N) is 3. The molecule has 1 unspecified atom stereocenters. The molecule has 5 heteroatoms. The highest BCUT2D eigenvalue weighted by Gasteiger charge is 2.23. The lowest BCUT2D eigenvalue weighted by molar-refractivity contribution is 0.104. The summed E-state index contributed by atoms with van der Waals surface area (Å²) in [7, 11) is 0. The fourth-order valence-corrected chi connectivity index (χ4v) is 3.21. The molecular weight excluding hydrogens is 264 g/mol. The molecule has 21 heavy (non-hydrogen) atoms. The number of H-pyrrole nitrogens is 1. The number of aromatic nitrogens is 3. The van der Waals surface area contributed by atoms with Gasteiger partial charge < -0.3 is 14.6 Å². The highest BCUT2D eigenvalue weighted by atomic mass is 16.5. The zero-order valence-corrected chi connectivity index (χ0v) is 12.9. The molecule has 0 bridgehead atoms. The molecule has 1 aliphatic heterocycles. The van der Waals surface area contributed by atoms with Gasteiger partial charge in [-0.05, 0) is 37.7 Å². The van der Waals surface area contributed by atoms with Crippen LogP contribution in [0.4, 0.5) is 5.82 Å². The molecule has 2 aromatic rings. The average molecular weight is 288 g/mol. The van der Waals surface area contributed by atoms with E-state index in [-0.39, 0.29) is 0 Å². The van der Waals surface area contributed by atoms with Gasteiger partial charge in [0.1, 0.15) is 17.8 Å². The second-order valence-corrected chi connectivity index (χ2v) is 5.70. The summed E-state index contributed by atoms with van der Waals surface area (Å²) in [6.07, 6.45) is 7.18. The van der Waals surface area contributed by atoms with Crippen molar-refractivity contribution in [3.05, 3.63) is 18.1 Å². The van der Waals surface area contributed by atoms with E-state index in [1.165, 1.54) is 23.8 Å². The molecule has 1 N–H and O–H groups in total. The van der Waals surface area contributed by atoms with Crippen molar-refractivity contribution >= 4 is 16.9 Å². The molecule has 0 radical (unpaired) electrons. The summed E-state index contributed by atoms with van der Waals surface area (Å²) in [5, 5.41) is 1.19. The lowest BCUT2D eigenvalue weighted by Crippen LogP contribution is -2.38. The standard InChI is InChI=1S/C16H24N4O/c1-3-13-8-17-15-14(13)16(19-11-18-15)20-7-5-6-12(9-20)10-21-4-2/h8,11-12H,3-7,9-10H2,1-2H3,(H,17,18,19). The van der Waals surface area contributed by atoms with Crippen molar-refractivity contribution in [1.29, 1.82) is 0 Å². The third-order valence-electron chi connectivity index (χ3n) is 4.29. The second-order valence-electron chi connectivity index (χ2n) is 5.70. The van der Waals surface area contributed by atoms with Gasteiger partial charge in [-0.2, -0.15) is 0 Å². The van der Waals surface area contributed by atoms with Crippen LogP contribution in [0.3, 0.4) is 0 Å². The Balaban J connectivity index is 1.87. The summed E-state index contributed by atoms with van der Waals surface area (Å²) in [6, 6.07) is 0. The summed E-state index contributed by atoms with van der Waals surface area (Å²) < 4.78 is 5.61. The zero-order valence-electron chi connectivity index (χ0n) is 12.9. The van der Waals surface area contributed by atoms with Crippen LogP contribution in [0.1, 0.15) is 32.3 Å². The van der Waals surface area contributed by atoms with Crippen LogP contribution in [0.25, 0.3) is 11.0 Å². The minimum Gasteiger partial charge on any atom is -0.381 e. The maximum absolute atomic E-state index is 5.61. The van der Waals surface area contributed by atoms with E-state index >= 15 is 0 Å². The molecule has 114 valence electrons. The molecular formula is C16H24N4O. The molecule has 3 rings (SSSR count). The number of ether oxygens (including phenoxy) is 1. The summed E-state index contributed by atoms with van der Waals surface area (Å²) in [5.74, 6) is 1.69. The van der Waals surface area contributed by atoms with E-state index in [2.05, 4.69) is 39.9 Å². The molecule has 1 saturated heterocycles. The van der Waals surface area contributed by atoms with E-state index in [0.29, 0.717) is 5.92 Å². The van der Waals surface area contributed by atoms with Gasteiger partial charge in [0.2, 0.25) is 0 Å². The normalized spacial score (nSPS) is 19.3. The maximum Gasteiger partial charge on any atom is 0.143 e. The summed E-state index contributed by atoms with van der Waals surface area (Å²) in [5.41, 5.74) is 2.25. The topological polar surface area (TPSA) is 54.0 Å². The molecule has 1 fully saturated rings. The quantitative estimate of drug-likeness (QED) is 0.919. The number of aryl methyl sites for hydroxylation is 1. The van der Waals surface area contributed by atoms with E-state index < -0.39 is 0 Å². The van der Waals surface area contributed by atoms with Crippen molar-refractivity contribution in [1.82, 2.24) is 15.0 Å². The van der Waals surface area contributed by atoms with Crippen molar-refractivity contribution < 1.29 is 4.74 Å². The van der Waals surface area contributed by atoms with Crippen LogP contribution in [0.5, 0.6) is 0 Å². The van der Waals surface area contributed by atoms with Crippen LogP contribution in [0.15, 0.2) is 12.5 Å². The number of fused-ring (bicyclic) bond motifs is 1. The van der Waals surface area contributed by atoms with E-state index in [9.17, 15) is 0 Å². The van der Waals surface area contributed by atoms with Crippen molar-refractivity contribution in [3.8, 4) is 0 Å². The lowest BCUT2D eigenvalue weighted by atomic mass is 9.98. The van der Waals surface area contributed by atoms with Gasteiger partial charge in [-0.3, -0.25) is 0 Å². The van der Waals surface area contributed by atoms with Crippen molar-refractivity contribution in [3.63, 3.8) is 0 Å². The third-order valence-corrected chi connectivity index (χ3v) is 4.29. The Kier molecular flexibility index (Phi) is 4.39. The van der Waals surface area contributed by atoms with Crippen molar-refractivity contribution in [2.24, 2.45) is 5.92 Å². The molecule has 1 aliphatic rings. The van der Waals surface area contributed by atoms with Gasteiger partial charge in [-0.15, -0.1) is 0 Å². The first kappa shape index (κ1) is 14.3. The van der Waals surface area contributed by atoms with Crippen LogP contribution >= 0.6 is 0 Å². The fourth-order valence-electron chi connectivity index (χ4n) is 3.21. The highest BCUT2D eigenvalue weighted by Crippen LogP contribution is 2.30. The molecule has 5 nitrogen and oxygen atoms in total. The minimum atomic E-state index is 0.604. The molecule has 3 heterocycles. The summed E-state index contributed by atoms with van der Waals surface area (Å²) >= 11 is 0. The number of rotatable bonds is 5. The summed E-state index contributed by atoms with van der Waals surface area (Å²) in [4.78, 5) is 14.6. The number of anilines is 1. The maximum atomic E-state index is 5.61. The lowest BCUT2D eigenvalue weighted by Gasteiger charge is -2.33. The molecule has 0 amide bonds. The zero-order chi connectivity index (χ0) is 14.7. The Morgan fingerprint density at radius 2 is 2.29 bits per heavy atom. The van der Waals surface area contributed by atoms with Crippen LogP contribution in [-0.2, 0) is 11.2 Å². The molecule has 1 atom stereocenters. The largest absolute Gasteiger partial charge is 0.381 e. The number of hydrogen-bond donors (Lipinski definition) is 1. The number of piperidine rings is 1. The van der Waals surface area contributed by atoms with E-state index in [4.69, 9.17) is 4.74 Å². The third kappa shape index (κ3) is 2.88. The fraction of sp³-hybridized carbons (Fsp3) is 0.625. The SMILES string of the molecule is CCOCC1CCCN(c2ncnc3[nH]cc(CC)c23)C1. The van der Waals surface area contributed by atoms with Gasteiger partial charge in [-0.25, -0.2) is 9.97 Å². The van der Waals surface area contributed by atoms with E-state index in [0.717, 1.165) is 44.2 Å². The molecule has 0 saturated carbocycles. The number of aromatic amines is 1. The first-order chi connectivity index (χ1) is 10.3. The Morgan fingerprint density at radius 1 is 1.38 bits per heavy atom. The first-order valence-corrected chi connectivity index (χ1v) is 7.97. The molecule has 2 aromatic heterocycles. The van der Waals surface area contributed by atoms with E-state index in [1.54, 1.807) is 6.33 Å². The van der Waals surface area contributed by atoms with Crippen molar-refractivity contribution in [2.45, 2.75) is 33.1 Å². The van der Waals surface area contributed by atoms with E-state index in [1.807, 2.05) is 0 Å². The Hall–Kier alpha value is -1.62. The van der Waals surface area contributed by atoms with Gasteiger partial charge in [-0.1, -0.05) is 6.92 Å². The Labute approximate surface area is 125 Å². The van der Waals surface area contributed by atoms with Gasteiger partial charge in [0.05, 0.1) is 12.0 Å². The van der Waals surface area contributed by atoms with Crippen molar-refractivity contribution in [2.75, 3.05) is 31.2 Å². The van der Waals surface area contributed by atoms with Crippen LogP contribution in [-0.4, -0.2) is 41.3 Å². The molecule has 0 spiro atoms. The monoisotopic (exact) mass is 288 g/mol. The van der Waals surface area contributed by atoms with Crippen LogP contribution in [0, 0.1) is 5.92 Å². The van der Waals surface area contributed by atoms with Gasteiger partial charge in [0.25, 0.3) is 0 Å². The molecule has 0 aliphatic carbocycles. The summed E-state index contributed by atoms with van der Waals surface area (Å²) in [6.45, 7) is 7.99. The number of hydrogen-bond acceptors (Lipinski definition) is 4. The van der Waals surface area contributed by atoms with Crippen LogP contribution < -0.4 is 4.90 Å². The van der Waals surface area contributed by atoms with Gasteiger partial charge >= 0.3 is 0 Å². The highest BCUT2D eigenvalue weighted by molar-refractivity contribution is 5.90. The first-order valence-electron chi connectivity index (χ1n) is 7.97. The second kappa shape index (κ2) is 6.43. The average Bonchev–Trinajstić information content (AvgIpc) is 2.96. The molecule has 0 aromatic carbocycles. The Bertz CT molecular complexity index is 595. The Morgan fingerprint density at radius 3 is 3.10 bits per heavy atom. The minimum absolute atomic E-state index is 0.604. The van der Waals surface area contributed by atoms with Gasteiger partial charge in [0.15, 0.2) is 0 Å².